The smallest absolute Gasteiger partial charge is 0.272 e. The van der Waals surface area contributed by atoms with E-state index in [1.165, 1.54) is 12.1 Å². The molecule has 2 rings (SSSR count). The van der Waals surface area contributed by atoms with Gasteiger partial charge in [-0.2, -0.15) is 0 Å². The number of hydrogen-bond acceptors (Lipinski definition) is 5. The molecule has 1 unspecified atom stereocenters. The number of non-ortho nitro benzene ring substituents is 1. The van der Waals surface area contributed by atoms with E-state index in [4.69, 9.17) is 5.73 Å². The number of hydrogen-bond donors (Lipinski definition) is 1. The first kappa shape index (κ1) is 14.8. The monoisotopic (exact) mass is 282 g/mol. The second-order valence-electron chi connectivity index (χ2n) is 5.20. The molecule has 1 fully saturated rings. The van der Waals surface area contributed by atoms with E-state index in [1.54, 1.807) is 0 Å². The topological polar surface area (TPSA) is 75.6 Å². The zero-order valence-electron chi connectivity index (χ0n) is 11.5. The van der Waals surface area contributed by atoms with Gasteiger partial charge in [0.25, 0.3) is 5.69 Å². The summed E-state index contributed by atoms with van der Waals surface area (Å²) in [5.41, 5.74) is 6.17. The zero-order chi connectivity index (χ0) is 14.7. The van der Waals surface area contributed by atoms with Crippen LogP contribution in [-0.2, 0) is 6.54 Å². The second-order valence-corrected chi connectivity index (χ2v) is 5.20. The quantitative estimate of drug-likeness (QED) is 0.653. The Hall–Kier alpha value is -1.57. The van der Waals surface area contributed by atoms with Crippen LogP contribution in [-0.4, -0.2) is 54.0 Å². The molecule has 1 heterocycles. The van der Waals surface area contributed by atoms with Crippen molar-refractivity contribution in [1.82, 2.24) is 9.80 Å². The van der Waals surface area contributed by atoms with Gasteiger partial charge in [-0.15, -0.1) is 0 Å². The minimum absolute atomic E-state index is 0.191. The predicted octanol–water partition coefficient (Wildman–Crippen LogP) is 0.809. The molecule has 0 aliphatic carbocycles. The maximum atomic E-state index is 13.4. The van der Waals surface area contributed by atoms with E-state index in [9.17, 15) is 14.5 Å². The molecule has 1 saturated heterocycles. The van der Waals surface area contributed by atoms with Gasteiger partial charge in [0.05, 0.1) is 11.0 Å². The van der Waals surface area contributed by atoms with Gasteiger partial charge in [-0.05, 0) is 18.7 Å². The Bertz CT molecular complexity index is 497. The van der Waals surface area contributed by atoms with E-state index in [2.05, 4.69) is 9.80 Å². The minimum Gasteiger partial charge on any atom is -0.329 e. The molecule has 1 aromatic carbocycles. The Labute approximate surface area is 117 Å². The highest BCUT2D eigenvalue weighted by atomic mass is 19.1. The standard InChI is InChI=1S/C13H19FN4O2/c1-16-2-3-17(13(7-15)9-16)8-10-4-11(14)6-12(5-10)18(19)20/h4-6,13H,2-3,7-9,15H2,1H3. The summed E-state index contributed by atoms with van der Waals surface area (Å²) in [6.45, 7) is 3.58. The molecule has 0 aromatic heterocycles. The van der Waals surface area contributed by atoms with Gasteiger partial charge < -0.3 is 10.6 Å². The predicted molar refractivity (Wildman–Crippen MR) is 73.8 cm³/mol. The Kier molecular flexibility index (Phi) is 4.64. The Balaban J connectivity index is 2.14. The second kappa shape index (κ2) is 6.25. The van der Waals surface area contributed by atoms with Gasteiger partial charge >= 0.3 is 0 Å². The molecule has 0 radical (unpaired) electrons. The summed E-state index contributed by atoms with van der Waals surface area (Å²) in [6.07, 6.45) is 0. The maximum Gasteiger partial charge on any atom is 0.272 e. The van der Waals surface area contributed by atoms with Gasteiger partial charge in [-0.1, -0.05) is 0 Å². The fourth-order valence-corrected chi connectivity index (χ4v) is 2.54. The van der Waals surface area contributed by atoms with Crippen molar-refractivity contribution in [1.29, 1.82) is 0 Å². The third-order valence-electron chi connectivity index (χ3n) is 3.62. The number of piperazine rings is 1. The number of likely N-dealkylation sites (N-methyl/N-ethyl adjacent to an activating group) is 1. The lowest BCUT2D eigenvalue weighted by molar-refractivity contribution is -0.385. The molecule has 110 valence electrons. The van der Waals surface area contributed by atoms with Crippen LogP contribution in [0.2, 0.25) is 0 Å². The molecule has 0 spiro atoms. The van der Waals surface area contributed by atoms with E-state index in [0.29, 0.717) is 18.7 Å². The van der Waals surface area contributed by atoms with E-state index in [-0.39, 0.29) is 11.7 Å². The molecule has 1 aromatic rings. The number of nitro groups is 1. The van der Waals surface area contributed by atoms with Crippen molar-refractivity contribution in [3.05, 3.63) is 39.7 Å². The number of rotatable bonds is 4. The minimum atomic E-state index is -0.576. The number of halogens is 1. The van der Waals surface area contributed by atoms with Crippen LogP contribution < -0.4 is 5.73 Å². The molecular weight excluding hydrogens is 263 g/mol. The van der Waals surface area contributed by atoms with Crippen molar-refractivity contribution in [2.45, 2.75) is 12.6 Å². The van der Waals surface area contributed by atoms with Crippen LogP contribution in [0.4, 0.5) is 10.1 Å². The van der Waals surface area contributed by atoms with Gasteiger partial charge in [0.2, 0.25) is 0 Å². The molecule has 0 saturated carbocycles. The summed E-state index contributed by atoms with van der Waals surface area (Å²) in [5, 5.41) is 10.8. The van der Waals surface area contributed by atoms with E-state index >= 15 is 0 Å². The molecule has 0 bridgehead atoms. The third-order valence-corrected chi connectivity index (χ3v) is 3.62. The van der Waals surface area contributed by atoms with Crippen molar-refractivity contribution in [3.8, 4) is 0 Å². The molecule has 7 heteroatoms. The molecule has 1 atom stereocenters. The summed E-state index contributed by atoms with van der Waals surface area (Å²) in [6, 6.07) is 3.90. The van der Waals surface area contributed by atoms with Gasteiger partial charge in [0, 0.05) is 44.8 Å². The average Bonchev–Trinajstić information content (AvgIpc) is 2.40. The Morgan fingerprint density at radius 2 is 2.20 bits per heavy atom. The first-order chi connectivity index (χ1) is 9.49. The first-order valence-electron chi connectivity index (χ1n) is 6.56. The average molecular weight is 282 g/mol. The van der Waals surface area contributed by atoms with Crippen molar-refractivity contribution < 1.29 is 9.31 Å². The van der Waals surface area contributed by atoms with Gasteiger partial charge in [-0.25, -0.2) is 4.39 Å². The highest BCUT2D eigenvalue weighted by molar-refractivity contribution is 5.35. The molecule has 20 heavy (non-hydrogen) atoms. The van der Waals surface area contributed by atoms with Gasteiger partial charge in [-0.3, -0.25) is 15.0 Å². The summed E-state index contributed by atoms with van der Waals surface area (Å²) < 4.78 is 13.4. The van der Waals surface area contributed by atoms with Crippen molar-refractivity contribution in [2.24, 2.45) is 5.73 Å². The fourth-order valence-electron chi connectivity index (χ4n) is 2.54. The molecule has 0 amide bonds. The van der Waals surface area contributed by atoms with E-state index in [0.717, 1.165) is 25.7 Å². The highest BCUT2D eigenvalue weighted by Crippen LogP contribution is 2.19. The van der Waals surface area contributed by atoms with E-state index < -0.39 is 10.7 Å². The number of benzene rings is 1. The summed E-state index contributed by atoms with van der Waals surface area (Å²) >= 11 is 0. The normalized spacial score (nSPS) is 21.1. The Morgan fingerprint density at radius 1 is 1.45 bits per heavy atom. The van der Waals surface area contributed by atoms with E-state index in [1.807, 2.05) is 7.05 Å². The summed E-state index contributed by atoms with van der Waals surface area (Å²) in [7, 11) is 2.03. The lowest BCUT2D eigenvalue weighted by Crippen LogP contribution is -2.54. The summed E-state index contributed by atoms with van der Waals surface area (Å²) in [5.74, 6) is -0.576. The molecule has 2 N–H and O–H groups in total. The molecular formula is C13H19FN4O2. The largest absolute Gasteiger partial charge is 0.329 e. The number of nitro benzene ring substituents is 1. The third kappa shape index (κ3) is 3.50. The van der Waals surface area contributed by atoms with Crippen molar-refractivity contribution in [3.63, 3.8) is 0 Å². The summed E-state index contributed by atoms with van der Waals surface area (Å²) in [4.78, 5) is 14.5. The van der Waals surface area contributed by atoms with Crippen LogP contribution in [0.25, 0.3) is 0 Å². The highest BCUT2D eigenvalue weighted by Gasteiger charge is 2.24. The maximum absolute atomic E-state index is 13.4. The van der Waals surface area contributed by atoms with Crippen LogP contribution in [0, 0.1) is 15.9 Å². The molecule has 1 aliphatic rings. The molecule has 6 nitrogen and oxygen atoms in total. The number of nitrogens with zero attached hydrogens (tertiary/aromatic N) is 3. The van der Waals surface area contributed by atoms with Crippen LogP contribution >= 0.6 is 0 Å². The lowest BCUT2D eigenvalue weighted by Gasteiger charge is -2.39. The van der Waals surface area contributed by atoms with Crippen molar-refractivity contribution >= 4 is 5.69 Å². The Morgan fingerprint density at radius 3 is 2.85 bits per heavy atom. The zero-order valence-corrected chi connectivity index (χ0v) is 11.5. The first-order valence-corrected chi connectivity index (χ1v) is 6.56. The fraction of sp³-hybridized carbons (Fsp3) is 0.538. The number of nitrogens with two attached hydrogens (primary N) is 1. The van der Waals surface area contributed by atoms with Gasteiger partial charge in [0.15, 0.2) is 0 Å². The molecule has 1 aliphatic heterocycles. The van der Waals surface area contributed by atoms with Crippen LogP contribution in [0.15, 0.2) is 18.2 Å². The lowest BCUT2D eigenvalue weighted by atomic mass is 10.1. The van der Waals surface area contributed by atoms with Crippen LogP contribution in [0.3, 0.4) is 0 Å². The van der Waals surface area contributed by atoms with Gasteiger partial charge in [0.1, 0.15) is 5.82 Å². The SMILES string of the molecule is CN1CCN(Cc2cc(F)cc([N+](=O)[O-])c2)C(CN)C1. The van der Waals surface area contributed by atoms with Crippen LogP contribution in [0.1, 0.15) is 5.56 Å². The van der Waals surface area contributed by atoms with Crippen LogP contribution in [0.5, 0.6) is 0 Å². The van der Waals surface area contributed by atoms with Crippen molar-refractivity contribution in [2.75, 3.05) is 33.2 Å².